The van der Waals surface area contributed by atoms with Crippen molar-refractivity contribution in [3.05, 3.63) is 119 Å². The molecule has 2 heterocycles. The first kappa shape index (κ1) is 28.8. The summed E-state index contributed by atoms with van der Waals surface area (Å²) >= 11 is 0. The van der Waals surface area contributed by atoms with E-state index in [1.807, 2.05) is 24.3 Å². The van der Waals surface area contributed by atoms with Crippen molar-refractivity contribution in [1.82, 2.24) is 4.90 Å². The molecule has 3 fully saturated rings. The standard InChI is InChI=1S/C42H39NO5/c44-34-18-19-42(46-25-33-31-12-6-4-10-28(31)22-29-11-5-7-13-32(29)33)36-23-30-16-17-35(47-40(45)27-8-2-1-3-9-27)38-37(30)41(42,39(34)48-38)20-21-43(36)24-26-14-15-26/h1-13,16-17,22,26,34,36,39,44H,14-15,18-21,23-25H2/t34-,36+,39-,41-,42+/m0/s1. The smallest absolute Gasteiger partial charge is 0.343 e. The molecule has 0 unspecified atom stereocenters. The Labute approximate surface area is 280 Å². The maximum Gasteiger partial charge on any atom is 0.343 e. The van der Waals surface area contributed by atoms with E-state index in [4.69, 9.17) is 14.2 Å². The van der Waals surface area contributed by atoms with Crippen molar-refractivity contribution in [3.8, 4) is 11.5 Å². The molecule has 3 aliphatic carbocycles. The highest BCUT2D eigenvalue weighted by Gasteiger charge is 2.74. The number of likely N-dealkylation sites (tertiary alicyclic amines) is 1. The molecule has 2 aliphatic heterocycles. The predicted octanol–water partition coefficient (Wildman–Crippen LogP) is 7.36. The first-order chi connectivity index (χ1) is 23.6. The number of benzene rings is 5. The number of hydrogen-bond acceptors (Lipinski definition) is 6. The van der Waals surface area contributed by atoms with Crippen molar-refractivity contribution in [3.63, 3.8) is 0 Å². The molecule has 10 rings (SSSR count). The Morgan fingerprint density at radius 1 is 0.875 bits per heavy atom. The molecule has 1 spiro atoms. The summed E-state index contributed by atoms with van der Waals surface area (Å²) in [6, 6.07) is 32.8. The first-order valence-electron chi connectivity index (χ1n) is 17.6. The molecule has 0 radical (unpaired) electrons. The molecular formula is C42H39NO5. The zero-order chi connectivity index (χ0) is 32.0. The molecule has 6 nitrogen and oxygen atoms in total. The Hall–Kier alpha value is -4.23. The number of carbonyl (C=O) groups is 1. The number of fused-ring (bicyclic) bond motifs is 2. The van der Waals surface area contributed by atoms with Gasteiger partial charge in [0.1, 0.15) is 6.10 Å². The third-order valence-corrected chi connectivity index (χ3v) is 12.2. The van der Waals surface area contributed by atoms with Crippen LogP contribution < -0.4 is 9.47 Å². The van der Waals surface area contributed by atoms with E-state index in [-0.39, 0.29) is 6.04 Å². The molecular weight excluding hydrogens is 598 g/mol. The molecule has 2 bridgehead atoms. The summed E-state index contributed by atoms with van der Waals surface area (Å²) in [6.45, 7) is 2.49. The van der Waals surface area contributed by atoms with Crippen LogP contribution in [0.3, 0.4) is 0 Å². The van der Waals surface area contributed by atoms with Crippen LogP contribution >= 0.6 is 0 Å². The summed E-state index contributed by atoms with van der Waals surface area (Å²) in [4.78, 5) is 16.0. The van der Waals surface area contributed by atoms with Crippen LogP contribution in [0.15, 0.2) is 97.1 Å². The van der Waals surface area contributed by atoms with Crippen LogP contribution in [0.4, 0.5) is 0 Å². The highest BCUT2D eigenvalue weighted by atomic mass is 16.6. The van der Waals surface area contributed by atoms with Crippen molar-refractivity contribution in [2.75, 3.05) is 13.1 Å². The first-order valence-corrected chi connectivity index (χ1v) is 17.6. The average molecular weight is 638 g/mol. The van der Waals surface area contributed by atoms with Gasteiger partial charge in [-0.2, -0.15) is 0 Å². The second-order valence-corrected chi connectivity index (χ2v) is 14.7. The van der Waals surface area contributed by atoms with E-state index in [9.17, 15) is 9.90 Å². The van der Waals surface area contributed by atoms with Crippen LogP contribution in [0.25, 0.3) is 21.5 Å². The Balaban J connectivity index is 1.12. The maximum atomic E-state index is 13.3. The Kier molecular flexibility index (Phi) is 6.37. The second kappa shape index (κ2) is 10.6. The molecule has 1 saturated heterocycles. The minimum Gasteiger partial charge on any atom is -0.482 e. The van der Waals surface area contributed by atoms with Gasteiger partial charge in [0.2, 0.25) is 0 Å². The molecule has 0 aromatic heterocycles. The maximum absolute atomic E-state index is 13.3. The minimum absolute atomic E-state index is 0.155. The summed E-state index contributed by atoms with van der Waals surface area (Å²) < 4.78 is 20.6. The minimum atomic E-state index is -0.647. The fraction of sp³-hybridized carbons (Fsp3) is 0.357. The van der Waals surface area contributed by atoms with Crippen molar-refractivity contribution in [2.45, 2.75) is 74.4 Å². The molecule has 2 saturated carbocycles. The van der Waals surface area contributed by atoms with E-state index >= 15 is 0 Å². The molecule has 5 aromatic rings. The summed E-state index contributed by atoms with van der Waals surface area (Å²) in [5, 5.41) is 16.6. The zero-order valence-electron chi connectivity index (χ0n) is 26.9. The number of aliphatic hydroxyl groups is 1. The summed E-state index contributed by atoms with van der Waals surface area (Å²) in [7, 11) is 0. The van der Waals surface area contributed by atoms with E-state index in [0.29, 0.717) is 30.1 Å². The Morgan fingerprint density at radius 2 is 1.60 bits per heavy atom. The lowest BCUT2D eigenvalue weighted by molar-refractivity contribution is -0.238. The molecule has 1 N–H and O–H groups in total. The molecule has 5 aromatic carbocycles. The molecule has 0 amide bonds. The number of rotatable bonds is 7. The molecule has 5 aliphatic rings. The van der Waals surface area contributed by atoms with Crippen molar-refractivity contribution < 1.29 is 24.1 Å². The Bertz CT molecular complexity index is 2040. The molecule has 5 atom stereocenters. The highest BCUT2D eigenvalue weighted by Crippen LogP contribution is 2.67. The normalized spacial score (nSPS) is 28.6. The topological polar surface area (TPSA) is 68.2 Å². The van der Waals surface area contributed by atoms with Gasteiger partial charge in [-0.3, -0.25) is 4.90 Å². The lowest BCUT2D eigenvalue weighted by Crippen LogP contribution is -2.78. The summed E-state index contributed by atoms with van der Waals surface area (Å²) in [6.07, 6.45) is 4.47. The lowest BCUT2D eigenvalue weighted by atomic mass is 9.48. The average Bonchev–Trinajstić information content (AvgIpc) is 3.87. The predicted molar refractivity (Wildman–Crippen MR) is 185 cm³/mol. The van der Waals surface area contributed by atoms with Gasteiger partial charge in [0.25, 0.3) is 0 Å². The van der Waals surface area contributed by atoms with Crippen molar-refractivity contribution in [1.29, 1.82) is 0 Å². The number of carbonyl (C=O) groups excluding carboxylic acids is 1. The molecule has 6 heteroatoms. The summed E-state index contributed by atoms with van der Waals surface area (Å²) in [5.41, 5.74) is 2.87. The van der Waals surface area contributed by atoms with Crippen LogP contribution in [0.5, 0.6) is 11.5 Å². The van der Waals surface area contributed by atoms with Crippen LogP contribution in [-0.2, 0) is 23.2 Å². The van der Waals surface area contributed by atoms with Gasteiger partial charge >= 0.3 is 5.97 Å². The van der Waals surface area contributed by atoms with E-state index in [2.05, 4.69) is 65.6 Å². The number of hydrogen-bond donors (Lipinski definition) is 1. The van der Waals surface area contributed by atoms with Gasteiger partial charge in [-0.25, -0.2) is 4.79 Å². The number of nitrogens with zero attached hydrogens (tertiary/aromatic N) is 1. The van der Waals surface area contributed by atoms with Gasteiger partial charge in [0, 0.05) is 18.2 Å². The van der Waals surface area contributed by atoms with Crippen molar-refractivity contribution >= 4 is 27.5 Å². The van der Waals surface area contributed by atoms with E-state index in [1.54, 1.807) is 12.1 Å². The number of piperidine rings is 1. The zero-order valence-corrected chi connectivity index (χ0v) is 26.9. The Morgan fingerprint density at radius 3 is 2.35 bits per heavy atom. The lowest BCUT2D eigenvalue weighted by Gasteiger charge is -2.65. The fourth-order valence-corrected chi connectivity index (χ4v) is 9.99. The van der Waals surface area contributed by atoms with Crippen LogP contribution in [0.1, 0.15) is 59.2 Å². The van der Waals surface area contributed by atoms with E-state index in [0.717, 1.165) is 43.8 Å². The molecule has 242 valence electrons. The number of aliphatic hydroxyl groups excluding tert-OH is 1. The highest BCUT2D eigenvalue weighted by molar-refractivity contribution is 6.02. The van der Waals surface area contributed by atoms with Gasteiger partial charge in [-0.1, -0.05) is 72.8 Å². The van der Waals surface area contributed by atoms with E-state index in [1.165, 1.54) is 45.5 Å². The van der Waals surface area contributed by atoms with Crippen LogP contribution in [-0.4, -0.2) is 52.9 Å². The summed E-state index contributed by atoms with van der Waals surface area (Å²) in [5.74, 6) is 1.37. The fourth-order valence-electron chi connectivity index (χ4n) is 9.99. The third-order valence-electron chi connectivity index (χ3n) is 12.2. The van der Waals surface area contributed by atoms with E-state index < -0.39 is 29.2 Å². The second-order valence-electron chi connectivity index (χ2n) is 14.7. The number of esters is 1. The molecule has 48 heavy (non-hydrogen) atoms. The number of ether oxygens (including phenoxy) is 3. The SMILES string of the molecule is O=C(Oc1ccc2c3c1O[C@H]1[C@@H](O)CC[C@@]4(OCc5c6ccccc6cc6ccccc56)[C@@H](C2)N(CC2CC2)CC[C@]314)c1ccccc1. The van der Waals surface area contributed by atoms with Gasteiger partial charge in [-0.05, 0) is 108 Å². The van der Waals surface area contributed by atoms with Crippen LogP contribution in [0, 0.1) is 5.92 Å². The van der Waals surface area contributed by atoms with Gasteiger partial charge in [0.05, 0.1) is 29.3 Å². The van der Waals surface area contributed by atoms with Crippen molar-refractivity contribution in [2.24, 2.45) is 5.92 Å². The van der Waals surface area contributed by atoms with Gasteiger partial charge in [-0.15, -0.1) is 0 Å². The van der Waals surface area contributed by atoms with Crippen LogP contribution in [0.2, 0.25) is 0 Å². The van der Waals surface area contributed by atoms with Gasteiger partial charge < -0.3 is 19.3 Å². The quantitative estimate of drug-likeness (QED) is 0.114. The third kappa shape index (κ3) is 4.06. The largest absolute Gasteiger partial charge is 0.482 e. The monoisotopic (exact) mass is 637 g/mol. The van der Waals surface area contributed by atoms with Gasteiger partial charge in [0.15, 0.2) is 11.5 Å².